The number of hydrogen-bond acceptors (Lipinski definition) is 3. The standard InChI is InChI=1S/C9H15NO2/c11-8-4-1-5(9(8)12)7-3-10-2-6(4)7/h4-12H,1-3H2/t4-,5+,6-,7+,8-,9+. The summed E-state index contributed by atoms with van der Waals surface area (Å²) in [4.78, 5) is 0. The van der Waals surface area contributed by atoms with Gasteiger partial charge in [0.15, 0.2) is 0 Å². The van der Waals surface area contributed by atoms with Crippen molar-refractivity contribution < 1.29 is 10.2 Å². The molecule has 0 spiro atoms. The topological polar surface area (TPSA) is 52.5 Å². The Balaban J connectivity index is 1.92. The average Bonchev–Trinajstić information content (AvgIpc) is 2.63. The molecule has 0 amide bonds. The molecular weight excluding hydrogens is 154 g/mol. The number of hydrogen-bond donors (Lipinski definition) is 3. The number of nitrogens with one attached hydrogen (secondary N) is 1. The van der Waals surface area contributed by atoms with E-state index in [1.807, 2.05) is 0 Å². The van der Waals surface area contributed by atoms with Gasteiger partial charge in [-0.25, -0.2) is 0 Å². The van der Waals surface area contributed by atoms with Crippen LogP contribution in [-0.4, -0.2) is 35.5 Å². The van der Waals surface area contributed by atoms with E-state index in [0.717, 1.165) is 19.5 Å². The quantitative estimate of drug-likeness (QED) is 0.445. The Bertz CT molecular complexity index is 189. The van der Waals surface area contributed by atoms with Gasteiger partial charge in [-0.3, -0.25) is 0 Å². The summed E-state index contributed by atoms with van der Waals surface area (Å²) in [6.07, 6.45) is 0.187. The summed E-state index contributed by atoms with van der Waals surface area (Å²) in [6.45, 7) is 2.10. The van der Waals surface area contributed by atoms with Crippen molar-refractivity contribution in [3.05, 3.63) is 0 Å². The van der Waals surface area contributed by atoms with Crippen LogP contribution in [0.5, 0.6) is 0 Å². The number of aliphatic hydroxyl groups excluding tert-OH is 2. The first-order valence-corrected chi connectivity index (χ1v) is 4.86. The largest absolute Gasteiger partial charge is 0.390 e. The van der Waals surface area contributed by atoms with Crippen LogP contribution in [0.3, 0.4) is 0 Å². The maximum Gasteiger partial charge on any atom is 0.0833 e. The zero-order chi connectivity index (χ0) is 8.29. The minimum Gasteiger partial charge on any atom is -0.390 e. The predicted octanol–water partition coefficient (Wildman–Crippen LogP) is -0.806. The lowest BCUT2D eigenvalue weighted by atomic mass is 9.79. The van der Waals surface area contributed by atoms with Crippen molar-refractivity contribution in [3.8, 4) is 0 Å². The molecule has 3 aliphatic rings. The summed E-state index contributed by atoms with van der Waals surface area (Å²) in [7, 11) is 0. The molecule has 0 aromatic heterocycles. The number of rotatable bonds is 0. The van der Waals surface area contributed by atoms with E-state index in [-0.39, 0.29) is 0 Å². The summed E-state index contributed by atoms with van der Waals surface area (Å²) in [5.74, 6) is 2.05. The van der Waals surface area contributed by atoms with Gasteiger partial charge in [0.1, 0.15) is 0 Å². The van der Waals surface area contributed by atoms with Crippen LogP contribution in [0.4, 0.5) is 0 Å². The van der Waals surface area contributed by atoms with Crippen LogP contribution >= 0.6 is 0 Å². The summed E-state index contributed by atoms with van der Waals surface area (Å²) < 4.78 is 0. The summed E-state index contributed by atoms with van der Waals surface area (Å²) in [5.41, 5.74) is 0. The van der Waals surface area contributed by atoms with Gasteiger partial charge in [0.2, 0.25) is 0 Å². The summed E-state index contributed by atoms with van der Waals surface area (Å²) in [5, 5.41) is 22.7. The Morgan fingerprint density at radius 3 is 1.83 bits per heavy atom. The molecule has 2 aliphatic carbocycles. The van der Waals surface area contributed by atoms with E-state index < -0.39 is 12.2 Å². The van der Waals surface area contributed by atoms with E-state index in [1.54, 1.807) is 0 Å². The molecule has 0 radical (unpaired) electrons. The van der Waals surface area contributed by atoms with E-state index in [9.17, 15) is 10.2 Å². The molecule has 3 nitrogen and oxygen atoms in total. The lowest BCUT2D eigenvalue weighted by Gasteiger charge is -2.31. The molecule has 2 saturated carbocycles. The highest BCUT2D eigenvalue weighted by atomic mass is 16.3. The number of aliphatic hydroxyl groups is 2. The fraction of sp³-hybridized carbons (Fsp3) is 1.00. The van der Waals surface area contributed by atoms with Gasteiger partial charge in [-0.15, -0.1) is 0 Å². The van der Waals surface area contributed by atoms with E-state index >= 15 is 0 Å². The third-order valence-corrected chi connectivity index (χ3v) is 4.18. The Kier molecular flexibility index (Phi) is 1.35. The van der Waals surface area contributed by atoms with Crippen molar-refractivity contribution in [2.45, 2.75) is 18.6 Å². The van der Waals surface area contributed by atoms with Crippen molar-refractivity contribution in [3.63, 3.8) is 0 Å². The second kappa shape index (κ2) is 2.22. The fourth-order valence-electron chi connectivity index (χ4n) is 3.61. The molecule has 3 N–H and O–H groups in total. The highest BCUT2D eigenvalue weighted by Gasteiger charge is 2.58. The van der Waals surface area contributed by atoms with Crippen molar-refractivity contribution in [2.24, 2.45) is 23.7 Å². The maximum atomic E-state index is 9.66. The van der Waals surface area contributed by atoms with Crippen LogP contribution in [0.15, 0.2) is 0 Å². The first-order chi connectivity index (χ1) is 5.79. The molecule has 12 heavy (non-hydrogen) atoms. The van der Waals surface area contributed by atoms with E-state index in [2.05, 4.69) is 5.32 Å². The summed E-state index contributed by atoms with van der Waals surface area (Å²) in [6, 6.07) is 0. The average molecular weight is 169 g/mol. The third-order valence-electron chi connectivity index (χ3n) is 4.18. The van der Waals surface area contributed by atoms with Gasteiger partial charge < -0.3 is 15.5 Å². The molecule has 0 unspecified atom stereocenters. The molecule has 3 rings (SSSR count). The minimum absolute atomic E-state index is 0.380. The van der Waals surface area contributed by atoms with Gasteiger partial charge in [0, 0.05) is 0 Å². The van der Waals surface area contributed by atoms with Crippen LogP contribution in [0.2, 0.25) is 0 Å². The van der Waals surface area contributed by atoms with Crippen molar-refractivity contribution >= 4 is 0 Å². The maximum absolute atomic E-state index is 9.66. The van der Waals surface area contributed by atoms with Gasteiger partial charge in [0.25, 0.3) is 0 Å². The van der Waals surface area contributed by atoms with Crippen molar-refractivity contribution in [1.29, 1.82) is 0 Å². The predicted molar refractivity (Wildman–Crippen MR) is 43.5 cm³/mol. The van der Waals surface area contributed by atoms with E-state index in [0.29, 0.717) is 23.7 Å². The smallest absolute Gasteiger partial charge is 0.0833 e. The van der Waals surface area contributed by atoms with Crippen molar-refractivity contribution in [2.75, 3.05) is 13.1 Å². The lowest BCUT2D eigenvalue weighted by molar-refractivity contribution is -0.0460. The fourth-order valence-corrected chi connectivity index (χ4v) is 3.61. The molecular formula is C9H15NO2. The SMILES string of the molecule is O[C@@H]1[C@H](O)[C@@H]2C[C@H]1[C@@H]1CNC[C@@H]12. The molecule has 0 aromatic rings. The van der Waals surface area contributed by atoms with Crippen molar-refractivity contribution in [1.82, 2.24) is 5.32 Å². The van der Waals surface area contributed by atoms with Gasteiger partial charge in [-0.1, -0.05) is 0 Å². The first-order valence-electron chi connectivity index (χ1n) is 4.86. The molecule has 1 saturated heterocycles. The lowest BCUT2D eigenvalue weighted by Crippen LogP contribution is -2.41. The zero-order valence-corrected chi connectivity index (χ0v) is 6.98. The molecule has 6 atom stereocenters. The Morgan fingerprint density at radius 2 is 1.33 bits per heavy atom. The van der Waals surface area contributed by atoms with Gasteiger partial charge in [-0.2, -0.15) is 0 Å². The third kappa shape index (κ3) is 0.679. The Hall–Kier alpha value is -0.120. The molecule has 68 valence electrons. The second-order valence-corrected chi connectivity index (χ2v) is 4.53. The highest BCUT2D eigenvalue weighted by molar-refractivity contribution is 5.08. The molecule has 2 bridgehead atoms. The molecule has 1 heterocycles. The van der Waals surface area contributed by atoms with Crippen LogP contribution in [0.1, 0.15) is 6.42 Å². The number of fused-ring (bicyclic) bond motifs is 5. The molecule has 3 fully saturated rings. The monoisotopic (exact) mass is 169 g/mol. The van der Waals surface area contributed by atoms with Crippen LogP contribution in [0.25, 0.3) is 0 Å². The second-order valence-electron chi connectivity index (χ2n) is 4.53. The molecule has 0 aromatic carbocycles. The molecule has 1 aliphatic heterocycles. The zero-order valence-electron chi connectivity index (χ0n) is 6.98. The van der Waals surface area contributed by atoms with Crippen LogP contribution in [-0.2, 0) is 0 Å². The van der Waals surface area contributed by atoms with E-state index in [1.165, 1.54) is 0 Å². The Morgan fingerprint density at radius 1 is 0.833 bits per heavy atom. The Labute approximate surface area is 71.8 Å². The minimum atomic E-state index is -0.434. The van der Waals surface area contributed by atoms with Crippen LogP contribution < -0.4 is 5.32 Å². The van der Waals surface area contributed by atoms with Gasteiger partial charge >= 0.3 is 0 Å². The highest BCUT2D eigenvalue weighted by Crippen LogP contribution is 2.53. The van der Waals surface area contributed by atoms with E-state index in [4.69, 9.17) is 0 Å². The van der Waals surface area contributed by atoms with Crippen LogP contribution in [0, 0.1) is 23.7 Å². The van der Waals surface area contributed by atoms with Gasteiger partial charge in [-0.05, 0) is 43.2 Å². The normalized spacial score (nSPS) is 62.5. The summed E-state index contributed by atoms with van der Waals surface area (Å²) >= 11 is 0. The van der Waals surface area contributed by atoms with Gasteiger partial charge in [0.05, 0.1) is 12.2 Å². The molecule has 3 heteroatoms. The first kappa shape index (κ1) is 7.30.